The Morgan fingerprint density at radius 1 is 0.956 bits per heavy atom. The highest BCUT2D eigenvalue weighted by molar-refractivity contribution is 5.96. The van der Waals surface area contributed by atoms with Gasteiger partial charge in [-0.25, -0.2) is 9.37 Å². The number of phenolic OH excluding ortho intramolecular Hbond substituents is 1. The maximum Gasteiger partial charge on any atom is 0.255 e. The molecule has 0 bridgehead atoms. The first-order valence-electron chi connectivity index (χ1n) is 14.2. The number of benzene rings is 3. The first kappa shape index (κ1) is 30.9. The van der Waals surface area contributed by atoms with Crippen LogP contribution < -0.4 is 15.4 Å². The van der Waals surface area contributed by atoms with Crippen molar-refractivity contribution in [3.63, 3.8) is 0 Å². The number of amides is 2. The smallest absolute Gasteiger partial charge is 0.255 e. The van der Waals surface area contributed by atoms with Crippen LogP contribution in [0.5, 0.6) is 17.2 Å². The lowest BCUT2D eigenvalue weighted by molar-refractivity contribution is -0.137. The maximum absolute atomic E-state index is 13.2. The van der Waals surface area contributed by atoms with Crippen LogP contribution in [0.3, 0.4) is 0 Å². The highest BCUT2D eigenvalue weighted by Crippen LogP contribution is 2.30. The third-order valence-corrected chi connectivity index (χ3v) is 7.05. The Hall–Kier alpha value is -5.55. The Kier molecular flexibility index (Phi) is 9.20. The molecule has 0 saturated carbocycles. The van der Waals surface area contributed by atoms with Gasteiger partial charge in [0, 0.05) is 24.0 Å². The first-order chi connectivity index (χ1) is 21.6. The molecule has 5 aromatic rings. The molecule has 5 N–H and O–H groups in total. The summed E-state index contributed by atoms with van der Waals surface area (Å²) in [5.41, 5.74) is 0.968. The number of rotatable bonds is 11. The number of aliphatic hydroxyl groups is 1. The van der Waals surface area contributed by atoms with Gasteiger partial charge < -0.3 is 30.6 Å². The Morgan fingerprint density at radius 3 is 2.29 bits per heavy atom. The molecule has 0 radical (unpaired) electrons. The molecule has 2 heterocycles. The van der Waals surface area contributed by atoms with E-state index in [2.05, 4.69) is 20.6 Å². The lowest BCUT2D eigenvalue weighted by atomic mass is 9.90. The van der Waals surface area contributed by atoms with E-state index in [1.807, 2.05) is 24.3 Å². The molecule has 230 valence electrons. The fraction of sp³-hybridized carbons (Fsp3) is 0.176. The fourth-order valence-corrected chi connectivity index (χ4v) is 4.70. The molecule has 5 rings (SSSR count). The zero-order valence-electron chi connectivity index (χ0n) is 24.6. The predicted octanol–water partition coefficient (Wildman–Crippen LogP) is 4.93. The first-order valence-corrected chi connectivity index (χ1v) is 14.2. The summed E-state index contributed by atoms with van der Waals surface area (Å²) in [7, 11) is 0. The monoisotopic (exact) mass is 609 g/mol. The molecule has 0 saturated heterocycles. The molecule has 45 heavy (non-hydrogen) atoms. The zero-order valence-corrected chi connectivity index (χ0v) is 24.6. The number of hydrogen-bond acceptors (Lipinski definition) is 7. The molecule has 0 aliphatic rings. The quantitative estimate of drug-likeness (QED) is 0.143. The number of aromatic amines is 1. The summed E-state index contributed by atoms with van der Waals surface area (Å²) in [5.74, 6) is -1.29. The number of carbonyl (C=O) groups is 2. The lowest BCUT2D eigenvalue weighted by Gasteiger charge is -2.30. The molecule has 0 spiro atoms. The summed E-state index contributed by atoms with van der Waals surface area (Å²) in [6, 6.07) is 23.8. The van der Waals surface area contributed by atoms with Crippen molar-refractivity contribution in [2.75, 3.05) is 6.54 Å². The third-order valence-electron chi connectivity index (χ3n) is 7.05. The van der Waals surface area contributed by atoms with Crippen molar-refractivity contribution in [3.8, 4) is 28.5 Å². The predicted molar refractivity (Wildman–Crippen MR) is 165 cm³/mol. The number of aromatic hydroxyl groups is 1. The van der Waals surface area contributed by atoms with Crippen LogP contribution in [0, 0.1) is 5.82 Å². The molecule has 0 aliphatic carbocycles. The van der Waals surface area contributed by atoms with Crippen LogP contribution in [0.4, 0.5) is 4.39 Å². The normalized spacial score (nSPS) is 12.6. The highest BCUT2D eigenvalue weighted by atomic mass is 19.1. The van der Waals surface area contributed by atoms with E-state index in [-0.39, 0.29) is 23.7 Å². The number of phenols is 1. The third kappa shape index (κ3) is 7.70. The summed E-state index contributed by atoms with van der Waals surface area (Å²) in [5, 5.41) is 26.3. The van der Waals surface area contributed by atoms with Crippen molar-refractivity contribution in [2.24, 2.45) is 0 Å². The molecular weight excluding hydrogens is 577 g/mol. The van der Waals surface area contributed by atoms with Crippen molar-refractivity contribution < 1.29 is 28.9 Å². The summed E-state index contributed by atoms with van der Waals surface area (Å²) < 4.78 is 19.1. The average Bonchev–Trinajstić information content (AvgIpc) is 3.55. The van der Waals surface area contributed by atoms with Crippen LogP contribution in [-0.2, 0) is 4.79 Å². The number of aromatic nitrogens is 3. The number of pyridine rings is 1. The number of nitrogens with zero attached hydrogens (tertiary/aromatic N) is 2. The molecule has 0 aliphatic heterocycles. The Morgan fingerprint density at radius 2 is 1.64 bits per heavy atom. The second-order valence-electron chi connectivity index (χ2n) is 10.9. The van der Waals surface area contributed by atoms with E-state index >= 15 is 0 Å². The number of para-hydroxylation sites is 1. The molecular formula is C34H32FN5O5. The van der Waals surface area contributed by atoms with Gasteiger partial charge >= 0.3 is 0 Å². The van der Waals surface area contributed by atoms with Crippen molar-refractivity contribution >= 4 is 11.8 Å². The van der Waals surface area contributed by atoms with E-state index in [9.17, 15) is 24.2 Å². The summed E-state index contributed by atoms with van der Waals surface area (Å²) >= 11 is 0. The van der Waals surface area contributed by atoms with Crippen LogP contribution in [0.25, 0.3) is 11.3 Å². The van der Waals surface area contributed by atoms with Crippen molar-refractivity contribution in [1.82, 2.24) is 25.6 Å². The Labute approximate surface area is 259 Å². The highest BCUT2D eigenvalue weighted by Gasteiger charge is 2.33. The van der Waals surface area contributed by atoms with Gasteiger partial charge in [-0.2, -0.15) is 0 Å². The standard InChI is InChI=1S/C34H32FN5O5/c1-34(2,44)33(43)40-29(19-37-32(42)25-6-3-4-9-30(25)41)31(28-18-36-20-38-28)27-8-5-7-26(39-27)21-10-14-23(15-11-21)45-24-16-12-22(35)13-17-24/h3-18,20,29,31,41,44H,19H2,1-2H3,(H,36,38)(H,37,42)(H,40,43). The van der Waals surface area contributed by atoms with Gasteiger partial charge in [-0.15, -0.1) is 0 Å². The van der Waals surface area contributed by atoms with Gasteiger partial charge in [-0.1, -0.05) is 18.2 Å². The van der Waals surface area contributed by atoms with Crippen LogP contribution in [-0.4, -0.2) is 55.2 Å². The molecule has 2 aromatic heterocycles. The number of nitrogens with one attached hydrogen (secondary N) is 3. The van der Waals surface area contributed by atoms with Crippen LogP contribution >= 0.6 is 0 Å². The SMILES string of the molecule is CC(C)(O)C(=O)NC(CNC(=O)c1ccccc1O)C(c1cccc(-c2ccc(Oc3ccc(F)cc3)cc2)n1)c1cnc[nH]1. The number of halogens is 1. The molecule has 3 aromatic carbocycles. The van der Waals surface area contributed by atoms with E-state index in [1.54, 1.807) is 48.7 Å². The van der Waals surface area contributed by atoms with E-state index in [0.29, 0.717) is 28.6 Å². The van der Waals surface area contributed by atoms with E-state index < -0.39 is 29.4 Å². The molecule has 2 unspecified atom stereocenters. The molecule has 10 nitrogen and oxygen atoms in total. The zero-order chi connectivity index (χ0) is 32.0. The molecule has 2 atom stereocenters. The van der Waals surface area contributed by atoms with Crippen molar-refractivity contribution in [2.45, 2.75) is 31.4 Å². The molecule has 0 fully saturated rings. The van der Waals surface area contributed by atoms with Gasteiger partial charge in [-0.05, 0) is 86.6 Å². The van der Waals surface area contributed by atoms with Gasteiger partial charge in [0.2, 0.25) is 0 Å². The van der Waals surface area contributed by atoms with Gasteiger partial charge in [0.1, 0.15) is 28.7 Å². The van der Waals surface area contributed by atoms with Crippen molar-refractivity contribution in [3.05, 3.63) is 126 Å². The minimum Gasteiger partial charge on any atom is -0.507 e. The summed E-state index contributed by atoms with van der Waals surface area (Å²) in [6.07, 6.45) is 3.11. The number of carbonyl (C=O) groups excluding carboxylic acids is 2. The maximum atomic E-state index is 13.2. The number of hydrogen-bond donors (Lipinski definition) is 5. The van der Waals surface area contributed by atoms with Gasteiger partial charge in [0.05, 0.1) is 35.2 Å². The Bertz CT molecular complexity index is 1750. The van der Waals surface area contributed by atoms with Crippen LogP contribution in [0.2, 0.25) is 0 Å². The number of ether oxygens (including phenoxy) is 1. The van der Waals surface area contributed by atoms with E-state index in [4.69, 9.17) is 9.72 Å². The van der Waals surface area contributed by atoms with E-state index in [1.165, 1.54) is 44.4 Å². The van der Waals surface area contributed by atoms with Gasteiger partial charge in [0.15, 0.2) is 0 Å². The summed E-state index contributed by atoms with van der Waals surface area (Å²) in [4.78, 5) is 38.2. The van der Waals surface area contributed by atoms with Gasteiger partial charge in [0.25, 0.3) is 11.8 Å². The van der Waals surface area contributed by atoms with Crippen LogP contribution in [0.15, 0.2) is 104 Å². The van der Waals surface area contributed by atoms with Gasteiger partial charge in [-0.3, -0.25) is 14.6 Å². The fourth-order valence-electron chi connectivity index (χ4n) is 4.70. The Balaban J connectivity index is 1.45. The summed E-state index contributed by atoms with van der Waals surface area (Å²) in [6.45, 7) is 2.67. The molecule has 11 heteroatoms. The molecule has 2 amide bonds. The minimum atomic E-state index is -1.70. The largest absolute Gasteiger partial charge is 0.507 e. The van der Waals surface area contributed by atoms with Crippen molar-refractivity contribution in [1.29, 1.82) is 0 Å². The number of H-pyrrole nitrogens is 1. The van der Waals surface area contributed by atoms with E-state index in [0.717, 1.165) is 5.56 Å². The topological polar surface area (TPSA) is 149 Å². The average molecular weight is 610 g/mol. The van der Waals surface area contributed by atoms with Crippen LogP contribution in [0.1, 0.15) is 41.5 Å². The minimum absolute atomic E-state index is 0.0694. The lowest BCUT2D eigenvalue weighted by Crippen LogP contribution is -2.53. The number of imidazole rings is 1. The second kappa shape index (κ2) is 13.4. The second-order valence-corrected chi connectivity index (χ2v) is 10.9.